The smallest absolute Gasteiger partial charge is 0.314 e. The predicted octanol–water partition coefficient (Wildman–Crippen LogP) is -4.09. The number of β-amino-alcohol motifs (C(OH)–C–C–N with tert-alkyl or cyclic N) is 1. The lowest BCUT2D eigenvalue weighted by Crippen LogP contribution is -2.58. The van der Waals surface area contributed by atoms with Gasteiger partial charge in [-0.25, -0.2) is 4.79 Å². The zero-order valence-corrected chi connectivity index (χ0v) is 51.0. The van der Waals surface area contributed by atoms with Crippen molar-refractivity contribution in [2.24, 2.45) is 23.3 Å². The van der Waals surface area contributed by atoms with E-state index in [-0.39, 0.29) is 34.9 Å². The van der Waals surface area contributed by atoms with E-state index in [4.69, 9.17) is 16.2 Å². The van der Waals surface area contributed by atoms with Crippen LogP contribution >= 0.6 is 11.8 Å². The van der Waals surface area contributed by atoms with Crippen molar-refractivity contribution in [2.75, 3.05) is 71.1 Å². The molecule has 12 amide bonds. The van der Waals surface area contributed by atoms with Crippen LogP contribution in [0.1, 0.15) is 89.7 Å². The number of aromatic amines is 1. The zero-order chi connectivity index (χ0) is 64.3. The summed E-state index contributed by atoms with van der Waals surface area (Å²) in [5.74, 6) is -9.33. The summed E-state index contributed by atoms with van der Waals surface area (Å²) in [6, 6.07) is -4.59. The summed E-state index contributed by atoms with van der Waals surface area (Å²) in [5.41, 5.74) is 12.1. The predicted molar refractivity (Wildman–Crippen MR) is 319 cm³/mol. The maximum atomic E-state index is 15.1. The number of urea groups is 1. The number of fused-ring (bicyclic) bond motifs is 3. The van der Waals surface area contributed by atoms with Gasteiger partial charge in [-0.2, -0.15) is 11.8 Å². The number of thioether (sulfide) groups is 1. The molecule has 0 bridgehead atoms. The third kappa shape index (κ3) is 22.9. The first-order chi connectivity index (χ1) is 41.5. The number of carbonyl (C=O) groups is 11. The number of H-pyrrole nitrogens is 1. The largest absolute Gasteiger partial charge is 0.610 e. The number of nitrogens with zero attached hydrogens (tertiary/aromatic N) is 1. The number of aromatic nitrogens is 1. The topological polar surface area (TPSA) is 480 Å². The van der Waals surface area contributed by atoms with Crippen LogP contribution in [0.25, 0.3) is 10.9 Å². The molecule has 1 aromatic carbocycles. The molecule has 0 saturated carbocycles. The lowest BCUT2D eigenvalue weighted by Gasteiger charge is -2.29. The van der Waals surface area contributed by atoms with Crippen LogP contribution in [0.3, 0.4) is 0 Å². The Labute approximate surface area is 510 Å². The van der Waals surface area contributed by atoms with Gasteiger partial charge in [-0.3, -0.25) is 52.8 Å². The van der Waals surface area contributed by atoms with Gasteiger partial charge < -0.3 is 94.0 Å². The van der Waals surface area contributed by atoms with Gasteiger partial charge in [0, 0.05) is 84.1 Å². The molecule has 2 aliphatic heterocycles. The van der Waals surface area contributed by atoms with Gasteiger partial charge in [0.15, 0.2) is 6.04 Å². The highest BCUT2D eigenvalue weighted by molar-refractivity contribution is 7.98. The molecule has 0 radical (unpaired) electrons. The molecule has 3 heterocycles. The number of aliphatic hydroxyl groups is 4. The molecule has 2 aromatic rings. The van der Waals surface area contributed by atoms with Crippen LogP contribution in [0.4, 0.5) is 4.79 Å². The highest BCUT2D eigenvalue weighted by atomic mass is 32.2. The molecule has 0 aliphatic carbocycles. The molecule has 2 aliphatic rings. The number of primary amides is 1. The van der Waals surface area contributed by atoms with Gasteiger partial charge in [0.05, 0.1) is 70.0 Å². The number of benzene rings is 1. The molecule has 4 rings (SSSR count). The highest BCUT2D eigenvalue weighted by Crippen LogP contribution is 2.37. The van der Waals surface area contributed by atoms with E-state index in [0.717, 1.165) is 12.8 Å². The molecule has 0 saturated heterocycles. The number of unbranched alkanes of at least 4 members (excludes halogenated alkanes) is 4. The minimum atomic E-state index is -2.39. The Balaban J connectivity index is 1.66. The number of carbonyl (C=O) groups excluding carboxylic acids is 11. The van der Waals surface area contributed by atoms with Crippen molar-refractivity contribution in [3.63, 3.8) is 0 Å². The molecule has 0 spiro atoms. The summed E-state index contributed by atoms with van der Waals surface area (Å²) in [6.45, 7) is 2.53. The zero-order valence-electron chi connectivity index (χ0n) is 49.4. The maximum Gasteiger partial charge on any atom is 0.314 e. The summed E-state index contributed by atoms with van der Waals surface area (Å²) in [6.07, 6.45) is 2.11. The number of rotatable bonds is 29. The van der Waals surface area contributed by atoms with E-state index in [1.54, 1.807) is 26.0 Å². The second kappa shape index (κ2) is 36.9. The Morgan fingerprint density at radius 1 is 0.885 bits per heavy atom. The molecular weight excluding hydrogens is 1180 g/mol. The van der Waals surface area contributed by atoms with E-state index in [1.165, 1.54) is 42.8 Å². The Kier molecular flexibility index (Phi) is 30.7. The summed E-state index contributed by atoms with van der Waals surface area (Å²) in [7, 11) is 1.44. The Morgan fingerprint density at radius 2 is 1.56 bits per heavy atom. The molecule has 484 valence electrons. The van der Waals surface area contributed by atoms with Crippen LogP contribution in [0.2, 0.25) is 0 Å². The molecule has 87 heavy (non-hydrogen) atoms. The number of hydrogen-bond donors (Lipinski definition) is 16. The molecule has 1 aromatic heterocycles. The van der Waals surface area contributed by atoms with E-state index in [9.17, 15) is 73.2 Å². The summed E-state index contributed by atoms with van der Waals surface area (Å²) in [4.78, 5) is 148. The molecule has 10 atom stereocenters. The fourth-order valence-electron chi connectivity index (χ4n) is 9.38. The fraction of sp³-hybridized carbons (Fsp3) is 0.618. The Bertz CT molecular complexity index is 2740. The van der Waals surface area contributed by atoms with Gasteiger partial charge in [0.1, 0.15) is 29.6 Å². The van der Waals surface area contributed by atoms with E-state index in [0.29, 0.717) is 85.5 Å². The monoisotopic (exact) mass is 1260 g/mol. The van der Waals surface area contributed by atoms with E-state index < -0.39 is 164 Å². The van der Waals surface area contributed by atoms with Crippen molar-refractivity contribution in [1.82, 2.24) is 57.7 Å². The molecule has 32 heteroatoms. The first-order valence-electron chi connectivity index (χ1n) is 28.8. The van der Waals surface area contributed by atoms with Crippen LogP contribution in [-0.4, -0.2) is 213 Å². The van der Waals surface area contributed by atoms with Crippen molar-refractivity contribution < 1.29 is 82.5 Å². The quantitative estimate of drug-likeness (QED) is 0.0209. The van der Waals surface area contributed by atoms with Crippen molar-refractivity contribution in [3.8, 4) is 5.75 Å². The van der Waals surface area contributed by atoms with E-state index in [2.05, 4.69) is 52.8 Å². The van der Waals surface area contributed by atoms with Gasteiger partial charge in [-0.1, -0.05) is 40.0 Å². The molecular formula is C55H85N13O17S2. The second-order valence-electron chi connectivity index (χ2n) is 21.2. The fourth-order valence-corrected chi connectivity index (χ4v) is 11.8. The minimum absolute atomic E-state index is 0.0663. The first kappa shape index (κ1) is 72.4. The lowest BCUT2D eigenvalue weighted by molar-refractivity contribution is -0.137. The van der Waals surface area contributed by atoms with Crippen molar-refractivity contribution in [3.05, 3.63) is 35.4 Å². The molecule has 1 unspecified atom stereocenters. The summed E-state index contributed by atoms with van der Waals surface area (Å²) >= 11 is -0.886. The number of nitrogens with one attached hydrogen (secondary N) is 10. The third-order valence-electron chi connectivity index (χ3n) is 14.6. The van der Waals surface area contributed by atoms with Crippen molar-refractivity contribution in [1.29, 1.82) is 0 Å². The molecule has 18 N–H and O–H groups in total. The van der Waals surface area contributed by atoms with E-state index in [1.807, 2.05) is 0 Å². The number of amides is 12. The molecule has 30 nitrogen and oxygen atoms in total. The van der Waals surface area contributed by atoms with Crippen molar-refractivity contribution in [2.45, 2.75) is 138 Å². The SMILES string of the molecule is CC[C@H](C)[C@H](NC(=O)CN)C(=O)NCC(=O)N[C@H]1C[S+]([O-])c2[nH]c3c(CSCCCCNC(=O)NCCCCCCN4C(=O)C=CC4=O)c(OC)ccc3c2C[C@@H](CO)NC(=O)[C@H]([C@@H](C)[C@@H](O)CO)NC(=O)C[C@@H](O)CNC(=O)[C@H](CC(N)=O)NC1=O. The van der Waals surface area contributed by atoms with Crippen LogP contribution in [0, 0.1) is 11.8 Å². The Morgan fingerprint density at radius 3 is 2.20 bits per heavy atom. The number of imide groups is 1. The minimum Gasteiger partial charge on any atom is -0.610 e. The average Bonchev–Trinajstić information content (AvgIpc) is 1.82. The van der Waals surface area contributed by atoms with Gasteiger partial charge in [0.25, 0.3) is 11.8 Å². The number of nitrogens with two attached hydrogens (primary N) is 2. The van der Waals surface area contributed by atoms with Gasteiger partial charge in [-0.05, 0) is 49.5 Å². The summed E-state index contributed by atoms with van der Waals surface area (Å²) < 4.78 is 20.9. The second-order valence-corrected chi connectivity index (χ2v) is 23.7. The lowest BCUT2D eigenvalue weighted by atomic mass is 9.94. The highest BCUT2D eigenvalue weighted by Gasteiger charge is 2.38. The normalized spacial score (nSPS) is 21.2. The standard InChI is InChI=1S/C55H85N13O17S2/c1-5-30(2)47(66-43(75)23-56)52(81)61-25-44(76)63-38-29-87(84)54-35(20-32(26-69)62-53(82)48(31(3)39(72)27-70)65-42(74)21-33(71)24-60-50(79)37(22-41(57)73)64-51(38)80)34-12-13-40(85-4)36(49(34)67-54)28-86-19-11-9-17-59-55(83)58-16-8-6-7-10-18-68-45(77)14-15-46(68)78/h12-15,30-33,37-39,47-48,67,69-72H,5-11,16-29,56H2,1-4H3,(H2,57,73)(H,60,79)(H,61,81)(H,62,82)(H,63,76)(H,64,80)(H,65,74)(H,66,75)(H2,58,59,83)/t30-,31-,32-,33+,37-,38-,39-,47-,48-,87?/m0/s1. The van der Waals surface area contributed by atoms with Crippen LogP contribution in [-0.2, 0) is 71.3 Å². The van der Waals surface area contributed by atoms with E-state index >= 15 is 4.55 Å². The third-order valence-corrected chi connectivity index (χ3v) is 17.1. The average molecular weight is 1260 g/mol. The van der Waals surface area contributed by atoms with Gasteiger partial charge in [0.2, 0.25) is 52.3 Å². The first-order valence-corrected chi connectivity index (χ1v) is 31.3. The summed E-state index contributed by atoms with van der Waals surface area (Å²) in [5, 5.41) is 65.4. The van der Waals surface area contributed by atoms with Crippen molar-refractivity contribution >= 4 is 98.9 Å². The van der Waals surface area contributed by atoms with Crippen LogP contribution in [0.5, 0.6) is 5.75 Å². The van der Waals surface area contributed by atoms with Crippen LogP contribution < -0.4 is 64.1 Å². The number of ether oxygens (including phenoxy) is 1. The van der Waals surface area contributed by atoms with Crippen LogP contribution in [0.15, 0.2) is 29.3 Å². The van der Waals surface area contributed by atoms with Gasteiger partial charge in [-0.15, -0.1) is 0 Å². The number of aliphatic hydroxyl groups excluding tert-OH is 4. The van der Waals surface area contributed by atoms with Gasteiger partial charge >= 0.3 is 6.03 Å². The Hall–Kier alpha value is -7.07. The maximum absolute atomic E-state index is 15.1. The number of hydrogen-bond acceptors (Lipinski definition) is 19. The molecule has 0 fully saturated rings. The number of methoxy groups -OCH3 is 1.